The van der Waals surface area contributed by atoms with Gasteiger partial charge in [0.2, 0.25) is 0 Å². The fourth-order valence-corrected chi connectivity index (χ4v) is 2.21. The van der Waals surface area contributed by atoms with Gasteiger partial charge in [0.1, 0.15) is 5.82 Å². The van der Waals surface area contributed by atoms with Gasteiger partial charge in [-0.15, -0.1) is 0 Å². The Balaban J connectivity index is 1.70. The van der Waals surface area contributed by atoms with Crippen LogP contribution in [-0.4, -0.2) is 24.4 Å². The van der Waals surface area contributed by atoms with Crippen molar-refractivity contribution in [3.05, 3.63) is 64.4 Å². The average Bonchev–Trinajstić information content (AvgIpc) is 2.47. The van der Waals surface area contributed by atoms with Crippen molar-refractivity contribution in [2.45, 2.75) is 12.7 Å². The van der Waals surface area contributed by atoms with Gasteiger partial charge >= 0.3 is 0 Å². The lowest BCUT2D eigenvalue weighted by Crippen LogP contribution is -2.24. The molecular weight excluding hydrogens is 337 g/mol. The number of anilines is 1. The van der Waals surface area contributed by atoms with Crippen LogP contribution in [0.1, 0.15) is 5.56 Å². The Kier molecular flexibility index (Phi) is 6.17. The summed E-state index contributed by atoms with van der Waals surface area (Å²) in [5.74, 6) is -0.292. The number of aliphatic hydroxyl groups is 1. The molecule has 0 heterocycles. The lowest BCUT2D eigenvalue weighted by molar-refractivity contribution is 0.0338. The van der Waals surface area contributed by atoms with Gasteiger partial charge in [0.05, 0.1) is 19.3 Å². The largest absolute Gasteiger partial charge is 0.389 e. The minimum atomic E-state index is -0.657. The van der Waals surface area contributed by atoms with Crippen LogP contribution < -0.4 is 5.32 Å². The van der Waals surface area contributed by atoms with E-state index in [0.717, 1.165) is 10.2 Å². The van der Waals surface area contributed by atoms with Crippen molar-refractivity contribution >= 4 is 21.6 Å². The van der Waals surface area contributed by atoms with Crippen molar-refractivity contribution in [2.24, 2.45) is 0 Å². The molecule has 1 atom stereocenters. The Morgan fingerprint density at radius 3 is 2.76 bits per heavy atom. The van der Waals surface area contributed by atoms with Gasteiger partial charge in [-0.25, -0.2) is 4.39 Å². The Morgan fingerprint density at radius 2 is 2.00 bits per heavy atom. The molecule has 0 saturated heterocycles. The second kappa shape index (κ2) is 8.12. The van der Waals surface area contributed by atoms with Crippen molar-refractivity contribution in [3.63, 3.8) is 0 Å². The smallest absolute Gasteiger partial charge is 0.128 e. The average molecular weight is 354 g/mol. The van der Waals surface area contributed by atoms with Gasteiger partial charge in [0.15, 0.2) is 0 Å². The van der Waals surface area contributed by atoms with Gasteiger partial charge in [0, 0.05) is 22.3 Å². The van der Waals surface area contributed by atoms with Crippen LogP contribution in [0.3, 0.4) is 0 Å². The summed E-state index contributed by atoms with van der Waals surface area (Å²) in [5, 5.41) is 12.9. The van der Waals surface area contributed by atoms with E-state index >= 15 is 0 Å². The van der Waals surface area contributed by atoms with Crippen molar-refractivity contribution in [2.75, 3.05) is 18.5 Å². The monoisotopic (exact) mass is 353 g/mol. The first-order valence-corrected chi connectivity index (χ1v) is 7.43. The second-order valence-electron chi connectivity index (χ2n) is 4.65. The molecule has 2 rings (SSSR count). The van der Waals surface area contributed by atoms with Crippen molar-refractivity contribution in [1.82, 2.24) is 0 Å². The molecule has 2 aromatic carbocycles. The van der Waals surface area contributed by atoms with Gasteiger partial charge < -0.3 is 15.2 Å². The summed E-state index contributed by atoms with van der Waals surface area (Å²) in [6.07, 6.45) is -0.657. The topological polar surface area (TPSA) is 41.5 Å². The zero-order valence-electron chi connectivity index (χ0n) is 11.4. The van der Waals surface area contributed by atoms with E-state index in [9.17, 15) is 9.50 Å². The quantitative estimate of drug-likeness (QED) is 0.799. The van der Waals surface area contributed by atoms with E-state index < -0.39 is 6.10 Å². The predicted molar refractivity (Wildman–Crippen MR) is 84.7 cm³/mol. The normalized spacial score (nSPS) is 12.1. The predicted octanol–water partition coefficient (Wildman–Crippen LogP) is 3.58. The maximum absolute atomic E-state index is 13.4. The summed E-state index contributed by atoms with van der Waals surface area (Å²) < 4.78 is 19.7. The Hall–Kier alpha value is -1.43. The number of aliphatic hydroxyl groups excluding tert-OH is 1. The van der Waals surface area contributed by atoms with Crippen LogP contribution in [0.15, 0.2) is 53.0 Å². The van der Waals surface area contributed by atoms with Crippen molar-refractivity contribution < 1.29 is 14.2 Å². The lowest BCUT2D eigenvalue weighted by atomic mass is 10.2. The number of nitrogens with one attached hydrogen (secondary N) is 1. The molecule has 1 unspecified atom stereocenters. The Bertz CT molecular complexity index is 580. The molecule has 0 radical (unpaired) electrons. The molecule has 0 aliphatic rings. The molecule has 0 bridgehead atoms. The van der Waals surface area contributed by atoms with Gasteiger partial charge in [-0.3, -0.25) is 0 Å². The van der Waals surface area contributed by atoms with Crippen LogP contribution in [0.25, 0.3) is 0 Å². The van der Waals surface area contributed by atoms with Crippen molar-refractivity contribution in [3.8, 4) is 0 Å². The van der Waals surface area contributed by atoms with E-state index in [4.69, 9.17) is 4.74 Å². The highest BCUT2D eigenvalue weighted by molar-refractivity contribution is 9.10. The van der Waals surface area contributed by atoms with Crippen LogP contribution in [-0.2, 0) is 11.3 Å². The molecule has 3 nitrogen and oxygen atoms in total. The van der Waals surface area contributed by atoms with Crippen LogP contribution in [0, 0.1) is 5.82 Å². The highest BCUT2D eigenvalue weighted by atomic mass is 79.9. The fraction of sp³-hybridized carbons (Fsp3) is 0.250. The fourth-order valence-electron chi connectivity index (χ4n) is 1.81. The third-order valence-electron chi connectivity index (χ3n) is 2.89. The first-order valence-electron chi connectivity index (χ1n) is 6.64. The third-order valence-corrected chi connectivity index (χ3v) is 3.39. The van der Waals surface area contributed by atoms with Crippen LogP contribution in [0.2, 0.25) is 0 Å². The Morgan fingerprint density at radius 1 is 1.19 bits per heavy atom. The van der Waals surface area contributed by atoms with Gasteiger partial charge in [0.25, 0.3) is 0 Å². The first kappa shape index (κ1) is 15.9. The molecule has 21 heavy (non-hydrogen) atoms. The van der Waals surface area contributed by atoms with Crippen LogP contribution in [0.5, 0.6) is 0 Å². The summed E-state index contributed by atoms with van der Waals surface area (Å²) in [6, 6.07) is 14.1. The zero-order valence-corrected chi connectivity index (χ0v) is 13.0. The van der Waals surface area contributed by atoms with E-state index in [1.54, 1.807) is 18.2 Å². The molecule has 0 spiro atoms. The number of ether oxygens (including phenoxy) is 1. The molecular formula is C16H17BrFNO2. The molecule has 0 aliphatic carbocycles. The summed E-state index contributed by atoms with van der Waals surface area (Å²) in [5.41, 5.74) is 1.40. The molecule has 0 saturated carbocycles. The highest BCUT2D eigenvalue weighted by Crippen LogP contribution is 2.15. The van der Waals surface area contributed by atoms with Gasteiger partial charge in [-0.2, -0.15) is 0 Å². The first-order chi connectivity index (χ1) is 10.1. The Labute approximate surface area is 131 Å². The SMILES string of the molecule is OC(CNc1cccc(Br)c1)COCc1ccccc1F. The molecule has 2 N–H and O–H groups in total. The molecule has 2 aromatic rings. The summed E-state index contributed by atoms with van der Waals surface area (Å²) >= 11 is 3.38. The van der Waals surface area contributed by atoms with Gasteiger partial charge in [-0.1, -0.05) is 40.2 Å². The van der Waals surface area contributed by atoms with Crippen molar-refractivity contribution in [1.29, 1.82) is 0 Å². The number of benzene rings is 2. The summed E-state index contributed by atoms with van der Waals surface area (Å²) in [4.78, 5) is 0. The van der Waals surface area contributed by atoms with E-state index in [-0.39, 0.29) is 19.0 Å². The molecule has 5 heteroatoms. The van der Waals surface area contributed by atoms with Crippen LogP contribution >= 0.6 is 15.9 Å². The van der Waals surface area contributed by atoms with Gasteiger partial charge in [-0.05, 0) is 24.3 Å². The number of halogens is 2. The van der Waals surface area contributed by atoms with E-state index in [2.05, 4.69) is 21.2 Å². The molecule has 0 amide bonds. The second-order valence-corrected chi connectivity index (χ2v) is 5.57. The van der Waals surface area contributed by atoms with E-state index in [0.29, 0.717) is 12.1 Å². The number of hydrogen-bond acceptors (Lipinski definition) is 3. The summed E-state index contributed by atoms with van der Waals surface area (Å²) in [6.45, 7) is 0.670. The molecule has 0 fully saturated rings. The molecule has 112 valence electrons. The standard InChI is InChI=1S/C16H17BrFNO2/c17-13-5-3-6-14(8-13)19-9-15(20)11-21-10-12-4-1-2-7-16(12)18/h1-8,15,19-20H,9-11H2. The number of hydrogen-bond donors (Lipinski definition) is 2. The highest BCUT2D eigenvalue weighted by Gasteiger charge is 2.06. The van der Waals surface area contributed by atoms with Crippen LogP contribution in [0.4, 0.5) is 10.1 Å². The zero-order chi connectivity index (χ0) is 15.1. The number of rotatable bonds is 7. The minimum Gasteiger partial charge on any atom is -0.389 e. The lowest BCUT2D eigenvalue weighted by Gasteiger charge is -2.13. The molecule has 0 aromatic heterocycles. The van der Waals surface area contributed by atoms with E-state index in [1.807, 2.05) is 24.3 Å². The maximum atomic E-state index is 13.4. The van der Waals surface area contributed by atoms with E-state index in [1.165, 1.54) is 6.07 Å². The summed E-state index contributed by atoms with van der Waals surface area (Å²) in [7, 11) is 0. The maximum Gasteiger partial charge on any atom is 0.128 e. The third kappa shape index (κ3) is 5.46. The minimum absolute atomic E-state index is 0.148. The molecule has 0 aliphatic heterocycles.